The molecule has 0 aromatic heterocycles. The van der Waals surface area contributed by atoms with E-state index in [9.17, 15) is 8.42 Å². The molecule has 2 atom stereocenters. The molecule has 0 saturated carbocycles. The molecule has 1 aromatic carbocycles. The van der Waals surface area contributed by atoms with E-state index in [1.54, 1.807) is 6.07 Å². The zero-order chi connectivity index (χ0) is 15.8. The molecule has 1 aliphatic rings. The number of piperidine rings is 1. The Bertz CT molecular complexity index is 639. The second-order valence-electron chi connectivity index (χ2n) is 5.21. The number of halogens is 2. The van der Waals surface area contributed by atoms with Crippen molar-refractivity contribution < 1.29 is 13.2 Å². The number of nitrogens with zero attached hydrogens (tertiary/aromatic N) is 1. The summed E-state index contributed by atoms with van der Waals surface area (Å²) in [6.45, 7) is 2.78. The predicted molar refractivity (Wildman–Crippen MR) is 86.2 cm³/mol. The van der Waals surface area contributed by atoms with E-state index in [2.05, 4.69) is 15.9 Å². The van der Waals surface area contributed by atoms with E-state index in [0.717, 1.165) is 6.42 Å². The topological polar surface area (TPSA) is 72.6 Å². The minimum atomic E-state index is -3.69. The van der Waals surface area contributed by atoms with Crippen LogP contribution < -0.4 is 10.5 Å². The molecule has 0 bridgehead atoms. The van der Waals surface area contributed by atoms with Crippen LogP contribution in [0.15, 0.2) is 21.5 Å². The van der Waals surface area contributed by atoms with Crippen LogP contribution in [0.3, 0.4) is 0 Å². The molecule has 1 aromatic rings. The lowest BCUT2D eigenvalue weighted by molar-refractivity contribution is 0.252. The third-order valence-corrected chi connectivity index (χ3v) is 6.45. The molecular weight excluding hydrogens is 380 g/mol. The standard InChI is InChI=1S/C13H18BrClN2O3S/c1-8-3-4-17(7-11(8)16)21(18,19)12-6-9(15)5-10(14)13(12)20-2/h5-6,8,11H,3-4,7,16H2,1-2H3. The average Bonchev–Trinajstić information content (AvgIpc) is 2.41. The molecule has 21 heavy (non-hydrogen) atoms. The summed E-state index contributed by atoms with van der Waals surface area (Å²) in [5, 5.41) is 0.330. The van der Waals surface area contributed by atoms with E-state index in [0.29, 0.717) is 28.5 Å². The van der Waals surface area contributed by atoms with Crippen LogP contribution in [0.25, 0.3) is 0 Å². The van der Waals surface area contributed by atoms with Crippen molar-refractivity contribution in [3.8, 4) is 5.75 Å². The first-order valence-electron chi connectivity index (χ1n) is 6.56. The lowest BCUT2D eigenvalue weighted by Gasteiger charge is -2.34. The average molecular weight is 398 g/mol. The van der Waals surface area contributed by atoms with Crippen LogP contribution >= 0.6 is 27.5 Å². The fourth-order valence-corrected chi connectivity index (χ4v) is 5.22. The number of sulfonamides is 1. The van der Waals surface area contributed by atoms with Crippen molar-refractivity contribution in [1.29, 1.82) is 0 Å². The molecule has 8 heteroatoms. The maximum atomic E-state index is 12.8. The smallest absolute Gasteiger partial charge is 0.246 e. The van der Waals surface area contributed by atoms with Crippen LogP contribution in [0.1, 0.15) is 13.3 Å². The lowest BCUT2D eigenvalue weighted by atomic mass is 9.96. The van der Waals surface area contributed by atoms with Crippen LogP contribution in [-0.4, -0.2) is 39.0 Å². The summed E-state index contributed by atoms with van der Waals surface area (Å²) in [4.78, 5) is 0.0612. The summed E-state index contributed by atoms with van der Waals surface area (Å²) in [6, 6.07) is 2.84. The van der Waals surface area contributed by atoms with Gasteiger partial charge in [0.05, 0.1) is 11.6 Å². The molecule has 0 aliphatic carbocycles. The Morgan fingerprint density at radius 1 is 1.48 bits per heavy atom. The van der Waals surface area contributed by atoms with Gasteiger partial charge in [0.15, 0.2) is 5.75 Å². The van der Waals surface area contributed by atoms with E-state index in [1.165, 1.54) is 17.5 Å². The maximum Gasteiger partial charge on any atom is 0.246 e. The summed E-state index contributed by atoms with van der Waals surface area (Å²) >= 11 is 9.26. The Kier molecular flexibility index (Phi) is 5.20. The number of hydrogen-bond donors (Lipinski definition) is 1. The van der Waals surface area contributed by atoms with Gasteiger partial charge in [0.2, 0.25) is 10.0 Å². The number of methoxy groups -OCH3 is 1. The van der Waals surface area contributed by atoms with Gasteiger partial charge in [0.1, 0.15) is 4.90 Å². The van der Waals surface area contributed by atoms with Crippen molar-refractivity contribution in [2.45, 2.75) is 24.3 Å². The van der Waals surface area contributed by atoms with Gasteiger partial charge in [-0.15, -0.1) is 0 Å². The minimum absolute atomic E-state index is 0.0612. The van der Waals surface area contributed by atoms with Crippen molar-refractivity contribution in [1.82, 2.24) is 4.31 Å². The quantitative estimate of drug-likeness (QED) is 0.850. The number of hydrogen-bond acceptors (Lipinski definition) is 4. The molecule has 0 spiro atoms. The van der Waals surface area contributed by atoms with Crippen molar-refractivity contribution >= 4 is 37.6 Å². The van der Waals surface area contributed by atoms with Gasteiger partial charge in [-0.05, 0) is 40.4 Å². The van der Waals surface area contributed by atoms with E-state index < -0.39 is 10.0 Å². The minimum Gasteiger partial charge on any atom is -0.494 e. The molecule has 2 unspecified atom stereocenters. The van der Waals surface area contributed by atoms with E-state index in [1.807, 2.05) is 6.92 Å². The summed E-state index contributed by atoms with van der Waals surface area (Å²) in [5.41, 5.74) is 6.00. The van der Waals surface area contributed by atoms with Gasteiger partial charge >= 0.3 is 0 Å². The lowest BCUT2D eigenvalue weighted by Crippen LogP contribution is -2.49. The van der Waals surface area contributed by atoms with Crippen LogP contribution in [0.4, 0.5) is 0 Å². The Morgan fingerprint density at radius 2 is 2.14 bits per heavy atom. The van der Waals surface area contributed by atoms with Gasteiger partial charge in [-0.1, -0.05) is 18.5 Å². The monoisotopic (exact) mass is 396 g/mol. The SMILES string of the molecule is COc1c(Br)cc(Cl)cc1S(=O)(=O)N1CCC(C)C(N)C1. The molecule has 1 saturated heterocycles. The second kappa shape index (κ2) is 6.42. The fourth-order valence-electron chi connectivity index (χ4n) is 2.35. The molecule has 1 aliphatic heterocycles. The van der Waals surface area contributed by atoms with Crippen LogP contribution in [0.2, 0.25) is 5.02 Å². The summed E-state index contributed by atoms with van der Waals surface area (Å²) in [5.74, 6) is 0.566. The van der Waals surface area contributed by atoms with Gasteiger partial charge in [-0.3, -0.25) is 0 Å². The van der Waals surface area contributed by atoms with Crippen LogP contribution in [0.5, 0.6) is 5.75 Å². The fraction of sp³-hybridized carbons (Fsp3) is 0.538. The number of nitrogens with two attached hydrogens (primary N) is 1. The highest BCUT2D eigenvalue weighted by molar-refractivity contribution is 9.10. The summed E-state index contributed by atoms with van der Waals surface area (Å²) in [6.07, 6.45) is 0.741. The molecule has 0 amide bonds. The Balaban J connectivity index is 2.45. The Hall–Kier alpha value is -0.340. The predicted octanol–water partition coefficient (Wildman–Crippen LogP) is 2.47. The van der Waals surface area contributed by atoms with Gasteiger partial charge in [-0.2, -0.15) is 4.31 Å². The van der Waals surface area contributed by atoms with Gasteiger partial charge < -0.3 is 10.5 Å². The molecule has 5 nitrogen and oxygen atoms in total. The highest BCUT2D eigenvalue weighted by Crippen LogP contribution is 2.37. The first-order chi connectivity index (χ1) is 9.77. The van der Waals surface area contributed by atoms with Gasteiger partial charge in [0, 0.05) is 24.2 Å². The van der Waals surface area contributed by atoms with Gasteiger partial charge in [0.25, 0.3) is 0 Å². The maximum absolute atomic E-state index is 12.8. The van der Waals surface area contributed by atoms with Crippen molar-refractivity contribution in [2.75, 3.05) is 20.2 Å². The molecule has 1 fully saturated rings. The number of rotatable bonds is 3. The molecule has 118 valence electrons. The number of ether oxygens (including phenoxy) is 1. The molecular formula is C13H18BrClN2O3S. The van der Waals surface area contributed by atoms with E-state index in [-0.39, 0.29) is 16.7 Å². The molecule has 0 radical (unpaired) electrons. The third kappa shape index (κ3) is 3.37. The van der Waals surface area contributed by atoms with E-state index >= 15 is 0 Å². The first kappa shape index (κ1) is 17.0. The largest absolute Gasteiger partial charge is 0.494 e. The molecule has 2 N–H and O–H groups in total. The van der Waals surface area contributed by atoms with Crippen LogP contribution in [-0.2, 0) is 10.0 Å². The zero-order valence-corrected chi connectivity index (χ0v) is 15.0. The Labute approximate surface area is 138 Å². The second-order valence-corrected chi connectivity index (χ2v) is 8.41. The highest BCUT2D eigenvalue weighted by atomic mass is 79.9. The summed E-state index contributed by atoms with van der Waals surface area (Å²) < 4.78 is 32.8. The van der Waals surface area contributed by atoms with Crippen molar-refractivity contribution in [2.24, 2.45) is 11.7 Å². The molecule has 2 rings (SSSR count). The number of benzene rings is 1. The molecule has 1 heterocycles. The Morgan fingerprint density at radius 3 is 2.71 bits per heavy atom. The van der Waals surface area contributed by atoms with Crippen molar-refractivity contribution in [3.05, 3.63) is 21.6 Å². The third-order valence-electron chi connectivity index (χ3n) is 3.78. The van der Waals surface area contributed by atoms with E-state index in [4.69, 9.17) is 22.1 Å². The zero-order valence-electron chi connectivity index (χ0n) is 11.8. The van der Waals surface area contributed by atoms with Crippen molar-refractivity contribution in [3.63, 3.8) is 0 Å². The highest BCUT2D eigenvalue weighted by Gasteiger charge is 2.34. The summed E-state index contributed by atoms with van der Waals surface area (Å²) in [7, 11) is -2.26. The van der Waals surface area contributed by atoms with Crippen LogP contribution in [0, 0.1) is 5.92 Å². The van der Waals surface area contributed by atoms with Gasteiger partial charge in [-0.25, -0.2) is 8.42 Å². The first-order valence-corrected chi connectivity index (χ1v) is 9.17. The normalized spacial score (nSPS) is 24.0.